The first-order valence-corrected chi connectivity index (χ1v) is 7.21. The normalized spacial score (nSPS) is 13.6. The van der Waals surface area contributed by atoms with Gasteiger partial charge in [-0.3, -0.25) is 4.79 Å². The highest BCUT2D eigenvalue weighted by Gasteiger charge is 2.25. The van der Waals surface area contributed by atoms with Crippen molar-refractivity contribution in [1.82, 2.24) is 0 Å². The summed E-state index contributed by atoms with van der Waals surface area (Å²) in [4.78, 5) is 12.6. The predicted molar refractivity (Wildman–Crippen MR) is 84.0 cm³/mol. The van der Waals surface area contributed by atoms with Gasteiger partial charge in [-0.1, -0.05) is 60.7 Å². The summed E-state index contributed by atoms with van der Waals surface area (Å²) in [5.74, 6) is -0.353. The van der Waals surface area contributed by atoms with Gasteiger partial charge in [0.15, 0.2) is 5.78 Å². The highest BCUT2D eigenvalue weighted by atomic mass is 16.3. The molecule has 0 aliphatic carbocycles. The Bertz CT molecular complexity index is 554. The lowest BCUT2D eigenvalue weighted by Gasteiger charge is -2.19. The van der Waals surface area contributed by atoms with Crippen molar-refractivity contribution in [2.75, 3.05) is 6.61 Å². The third-order valence-corrected chi connectivity index (χ3v) is 3.63. The van der Waals surface area contributed by atoms with E-state index >= 15 is 0 Å². The molecule has 0 radical (unpaired) electrons. The monoisotopic (exact) mass is 283 g/mol. The number of benzene rings is 2. The van der Waals surface area contributed by atoms with Crippen LogP contribution in [0, 0.1) is 0 Å². The van der Waals surface area contributed by atoms with Crippen LogP contribution in [-0.2, 0) is 11.2 Å². The van der Waals surface area contributed by atoms with Crippen LogP contribution in [0.4, 0.5) is 0 Å². The number of ketones is 1. The molecule has 2 rings (SSSR count). The van der Waals surface area contributed by atoms with Gasteiger partial charge in [-0.25, -0.2) is 0 Å². The SMILES string of the molecule is NC(Cc1ccccc1)C(=O)C(CCO)c1ccccc1. The van der Waals surface area contributed by atoms with Crippen molar-refractivity contribution in [3.05, 3.63) is 71.8 Å². The largest absolute Gasteiger partial charge is 0.396 e. The summed E-state index contributed by atoms with van der Waals surface area (Å²) in [6, 6.07) is 18.7. The molecule has 0 spiro atoms. The Morgan fingerprint density at radius 2 is 1.57 bits per heavy atom. The third kappa shape index (κ3) is 4.25. The molecule has 2 unspecified atom stereocenters. The van der Waals surface area contributed by atoms with Crippen molar-refractivity contribution in [1.29, 1.82) is 0 Å². The molecular formula is C18H21NO2. The van der Waals surface area contributed by atoms with Gasteiger partial charge in [-0.2, -0.15) is 0 Å². The fourth-order valence-electron chi connectivity index (χ4n) is 2.51. The smallest absolute Gasteiger partial charge is 0.157 e. The Hall–Kier alpha value is -1.97. The predicted octanol–water partition coefficient (Wildman–Crippen LogP) is 2.29. The highest BCUT2D eigenvalue weighted by Crippen LogP contribution is 2.22. The number of hydrogen-bond donors (Lipinski definition) is 2. The molecule has 2 aromatic carbocycles. The maximum atomic E-state index is 12.6. The lowest BCUT2D eigenvalue weighted by atomic mass is 9.86. The minimum Gasteiger partial charge on any atom is -0.396 e. The van der Waals surface area contributed by atoms with Crippen LogP contribution in [0.5, 0.6) is 0 Å². The molecule has 0 bridgehead atoms. The molecule has 0 amide bonds. The van der Waals surface area contributed by atoms with Gasteiger partial charge in [0.2, 0.25) is 0 Å². The van der Waals surface area contributed by atoms with Crippen LogP contribution in [0.2, 0.25) is 0 Å². The van der Waals surface area contributed by atoms with Gasteiger partial charge in [-0.05, 0) is 24.0 Å². The second-order valence-corrected chi connectivity index (χ2v) is 5.17. The van der Waals surface area contributed by atoms with E-state index in [0.717, 1.165) is 11.1 Å². The highest BCUT2D eigenvalue weighted by molar-refractivity contribution is 5.90. The first-order valence-electron chi connectivity index (χ1n) is 7.21. The van der Waals surface area contributed by atoms with Crippen LogP contribution in [0.15, 0.2) is 60.7 Å². The lowest BCUT2D eigenvalue weighted by Crippen LogP contribution is -2.36. The molecule has 0 aliphatic rings. The van der Waals surface area contributed by atoms with Crippen LogP contribution in [-0.4, -0.2) is 23.5 Å². The fraction of sp³-hybridized carbons (Fsp3) is 0.278. The van der Waals surface area contributed by atoms with Gasteiger partial charge in [-0.15, -0.1) is 0 Å². The molecule has 3 nitrogen and oxygen atoms in total. The molecule has 3 heteroatoms. The van der Waals surface area contributed by atoms with E-state index in [4.69, 9.17) is 5.73 Å². The van der Waals surface area contributed by atoms with Gasteiger partial charge >= 0.3 is 0 Å². The molecule has 0 heterocycles. The zero-order valence-electron chi connectivity index (χ0n) is 12.0. The molecular weight excluding hydrogens is 262 g/mol. The minimum absolute atomic E-state index is 0.0147. The number of aliphatic hydroxyl groups is 1. The van der Waals surface area contributed by atoms with Crippen molar-refractivity contribution >= 4 is 5.78 Å². The average Bonchev–Trinajstić information content (AvgIpc) is 2.53. The van der Waals surface area contributed by atoms with E-state index in [0.29, 0.717) is 12.8 Å². The summed E-state index contributed by atoms with van der Waals surface area (Å²) in [5, 5.41) is 9.23. The molecule has 0 aliphatic heterocycles. The lowest BCUT2D eigenvalue weighted by molar-refractivity contribution is -0.122. The summed E-state index contributed by atoms with van der Waals surface area (Å²) in [7, 11) is 0. The zero-order valence-corrected chi connectivity index (χ0v) is 12.0. The van der Waals surface area contributed by atoms with E-state index in [-0.39, 0.29) is 18.3 Å². The van der Waals surface area contributed by atoms with Crippen molar-refractivity contribution in [2.24, 2.45) is 5.73 Å². The Morgan fingerprint density at radius 3 is 2.14 bits per heavy atom. The number of rotatable bonds is 7. The van der Waals surface area contributed by atoms with Crippen LogP contribution in [0.3, 0.4) is 0 Å². The summed E-state index contributed by atoms with van der Waals surface area (Å²) in [5.41, 5.74) is 8.05. The van der Waals surface area contributed by atoms with E-state index in [9.17, 15) is 9.90 Å². The quantitative estimate of drug-likeness (QED) is 0.819. The van der Waals surface area contributed by atoms with E-state index < -0.39 is 6.04 Å². The molecule has 3 N–H and O–H groups in total. The van der Waals surface area contributed by atoms with Crippen LogP contribution >= 0.6 is 0 Å². The van der Waals surface area contributed by atoms with E-state index in [1.165, 1.54) is 0 Å². The summed E-state index contributed by atoms with van der Waals surface area (Å²) in [6.07, 6.45) is 0.930. The molecule has 21 heavy (non-hydrogen) atoms. The van der Waals surface area contributed by atoms with Crippen molar-refractivity contribution in [2.45, 2.75) is 24.8 Å². The number of Topliss-reactive ketones (excluding diaryl/α,β-unsaturated/α-hetero) is 1. The Labute approximate surface area is 125 Å². The second-order valence-electron chi connectivity index (χ2n) is 5.17. The summed E-state index contributed by atoms with van der Waals surface area (Å²) >= 11 is 0. The van der Waals surface area contributed by atoms with Gasteiger partial charge in [0.05, 0.1) is 6.04 Å². The molecule has 2 aromatic rings. The third-order valence-electron chi connectivity index (χ3n) is 3.63. The zero-order chi connectivity index (χ0) is 15.1. The minimum atomic E-state index is -0.552. The van der Waals surface area contributed by atoms with Gasteiger partial charge < -0.3 is 10.8 Å². The standard InChI is InChI=1S/C18H21NO2/c19-17(13-14-7-3-1-4-8-14)18(21)16(11-12-20)15-9-5-2-6-10-15/h1-10,16-17,20H,11-13,19H2. The van der Waals surface area contributed by atoms with E-state index in [1.54, 1.807) is 0 Å². The topological polar surface area (TPSA) is 63.3 Å². The number of aliphatic hydroxyl groups excluding tert-OH is 1. The van der Waals surface area contributed by atoms with Crippen LogP contribution in [0.25, 0.3) is 0 Å². The number of carbonyl (C=O) groups is 1. The Kier molecular flexibility index (Phi) is 5.67. The van der Waals surface area contributed by atoms with E-state index in [2.05, 4.69) is 0 Å². The molecule has 0 aromatic heterocycles. The Morgan fingerprint density at radius 1 is 1.00 bits per heavy atom. The molecule has 2 atom stereocenters. The summed E-state index contributed by atoms with van der Waals surface area (Å²) < 4.78 is 0. The number of hydrogen-bond acceptors (Lipinski definition) is 3. The first kappa shape index (κ1) is 15.4. The summed E-state index contributed by atoms with van der Waals surface area (Å²) in [6.45, 7) is -0.0244. The average molecular weight is 283 g/mol. The maximum Gasteiger partial charge on any atom is 0.157 e. The molecule has 0 saturated heterocycles. The molecule has 0 fully saturated rings. The van der Waals surface area contributed by atoms with E-state index in [1.807, 2.05) is 60.7 Å². The van der Waals surface area contributed by atoms with Crippen molar-refractivity contribution in [3.63, 3.8) is 0 Å². The van der Waals surface area contributed by atoms with Gasteiger partial charge in [0, 0.05) is 12.5 Å². The number of carbonyl (C=O) groups excluding carboxylic acids is 1. The maximum absolute atomic E-state index is 12.6. The fourth-order valence-corrected chi connectivity index (χ4v) is 2.51. The van der Waals surface area contributed by atoms with Crippen LogP contribution < -0.4 is 5.73 Å². The molecule has 110 valence electrons. The van der Waals surface area contributed by atoms with Crippen molar-refractivity contribution in [3.8, 4) is 0 Å². The van der Waals surface area contributed by atoms with Crippen LogP contribution in [0.1, 0.15) is 23.5 Å². The van der Waals surface area contributed by atoms with Gasteiger partial charge in [0.25, 0.3) is 0 Å². The second kappa shape index (κ2) is 7.72. The van der Waals surface area contributed by atoms with Gasteiger partial charge in [0.1, 0.15) is 0 Å². The first-order chi connectivity index (χ1) is 10.2. The van der Waals surface area contributed by atoms with Crippen molar-refractivity contribution < 1.29 is 9.90 Å². The molecule has 0 saturated carbocycles. The number of nitrogens with two attached hydrogens (primary N) is 1. The Balaban J connectivity index is 2.11.